The average Bonchev–Trinajstić information content (AvgIpc) is 2.99. The highest BCUT2D eigenvalue weighted by molar-refractivity contribution is 14.0. The number of hydrogen-bond donors (Lipinski definition) is 2. The maximum Gasteiger partial charge on any atom is 0.191 e. The number of halogens is 2. The maximum absolute atomic E-state index is 6.14. The largest absolute Gasteiger partial charge is 0.357 e. The Hall–Kier alpha value is -1.28. The van der Waals surface area contributed by atoms with Gasteiger partial charge in [-0.1, -0.05) is 29.8 Å². The van der Waals surface area contributed by atoms with Gasteiger partial charge in [-0.2, -0.15) is 0 Å². The summed E-state index contributed by atoms with van der Waals surface area (Å²) in [6.45, 7) is 5.04. The molecule has 2 aromatic rings. The van der Waals surface area contributed by atoms with E-state index >= 15 is 0 Å². The van der Waals surface area contributed by atoms with E-state index < -0.39 is 0 Å². The third-order valence-corrected chi connectivity index (χ3v) is 3.30. The van der Waals surface area contributed by atoms with Crippen molar-refractivity contribution in [3.05, 3.63) is 53.6 Å². The first kappa shape index (κ1) is 18.8. The molecule has 0 aliphatic heterocycles. The maximum atomic E-state index is 6.14. The lowest BCUT2D eigenvalue weighted by Gasteiger charge is -2.11. The van der Waals surface area contributed by atoms with Crippen LogP contribution in [0.15, 0.2) is 48.0 Å². The molecule has 0 fully saturated rings. The van der Waals surface area contributed by atoms with Crippen LogP contribution in [0.1, 0.15) is 12.5 Å². The Balaban J connectivity index is 0.00000242. The number of imidazole rings is 1. The first-order valence-electron chi connectivity index (χ1n) is 7.01. The molecule has 0 saturated carbocycles. The predicted molar refractivity (Wildman–Crippen MR) is 102 cm³/mol. The summed E-state index contributed by atoms with van der Waals surface area (Å²) in [6, 6.07) is 7.76. The Morgan fingerprint density at radius 3 is 2.82 bits per heavy atom. The minimum Gasteiger partial charge on any atom is -0.357 e. The molecule has 0 aliphatic rings. The first-order valence-corrected chi connectivity index (χ1v) is 7.38. The highest BCUT2D eigenvalue weighted by Gasteiger charge is 2.00. The smallest absolute Gasteiger partial charge is 0.191 e. The lowest BCUT2D eigenvalue weighted by molar-refractivity contribution is 0.662. The molecule has 0 radical (unpaired) electrons. The quantitative estimate of drug-likeness (QED) is 0.418. The molecule has 120 valence electrons. The van der Waals surface area contributed by atoms with E-state index in [0.717, 1.165) is 36.2 Å². The predicted octanol–water partition coefficient (Wildman–Crippen LogP) is 2.91. The van der Waals surface area contributed by atoms with E-state index in [0.29, 0.717) is 6.54 Å². The van der Waals surface area contributed by atoms with Crippen molar-refractivity contribution in [2.75, 3.05) is 13.1 Å². The summed E-state index contributed by atoms with van der Waals surface area (Å²) in [4.78, 5) is 8.57. The first-order chi connectivity index (χ1) is 10.3. The minimum absolute atomic E-state index is 0. The van der Waals surface area contributed by atoms with Crippen LogP contribution in [0, 0.1) is 0 Å². The van der Waals surface area contributed by atoms with Gasteiger partial charge >= 0.3 is 0 Å². The van der Waals surface area contributed by atoms with Gasteiger partial charge in [0.15, 0.2) is 5.96 Å². The van der Waals surface area contributed by atoms with Crippen LogP contribution in [0.5, 0.6) is 0 Å². The molecule has 22 heavy (non-hydrogen) atoms. The highest BCUT2D eigenvalue weighted by Crippen LogP contribution is 2.15. The van der Waals surface area contributed by atoms with Gasteiger partial charge in [-0.05, 0) is 18.6 Å². The fraction of sp³-hybridized carbons (Fsp3) is 0.333. The fourth-order valence-electron chi connectivity index (χ4n) is 1.86. The molecule has 2 N–H and O–H groups in total. The van der Waals surface area contributed by atoms with E-state index in [1.54, 1.807) is 12.5 Å². The van der Waals surface area contributed by atoms with Gasteiger partial charge in [0.05, 0.1) is 12.9 Å². The molecule has 1 aromatic carbocycles. The molecule has 1 aromatic heterocycles. The Bertz CT molecular complexity index is 571. The number of aromatic nitrogens is 2. The van der Waals surface area contributed by atoms with Crippen molar-refractivity contribution >= 4 is 41.5 Å². The van der Waals surface area contributed by atoms with Gasteiger partial charge < -0.3 is 15.2 Å². The summed E-state index contributed by atoms with van der Waals surface area (Å²) in [5.74, 6) is 0.789. The van der Waals surface area contributed by atoms with Crippen LogP contribution in [-0.4, -0.2) is 28.6 Å². The van der Waals surface area contributed by atoms with E-state index in [1.807, 2.05) is 42.0 Å². The molecule has 0 saturated heterocycles. The zero-order chi connectivity index (χ0) is 14.9. The molecule has 1 heterocycles. The highest BCUT2D eigenvalue weighted by atomic mass is 127. The molecule has 0 aliphatic carbocycles. The van der Waals surface area contributed by atoms with Crippen LogP contribution in [0.4, 0.5) is 0 Å². The third kappa shape index (κ3) is 6.23. The summed E-state index contributed by atoms with van der Waals surface area (Å²) in [5, 5.41) is 7.27. The summed E-state index contributed by atoms with van der Waals surface area (Å²) < 4.78 is 2.02. The second-order valence-electron chi connectivity index (χ2n) is 4.51. The monoisotopic (exact) mass is 433 g/mol. The standard InChI is InChI=1S/C15H20ClN5.HI/c1-2-18-15(19-8-10-21-9-7-17-12-21)20-11-13-5-3-4-6-14(13)16;/h3-7,9,12H,2,8,10-11H2,1H3,(H2,18,19,20);1H. The topological polar surface area (TPSA) is 54.2 Å². The number of hydrogen-bond acceptors (Lipinski definition) is 2. The van der Waals surface area contributed by atoms with Gasteiger partial charge in [0.2, 0.25) is 0 Å². The normalized spacial score (nSPS) is 10.9. The Morgan fingerprint density at radius 1 is 1.32 bits per heavy atom. The Labute approximate surface area is 153 Å². The Morgan fingerprint density at radius 2 is 2.14 bits per heavy atom. The van der Waals surface area contributed by atoms with Crippen molar-refractivity contribution in [3.8, 4) is 0 Å². The molecule has 5 nitrogen and oxygen atoms in total. The number of benzene rings is 1. The van der Waals surface area contributed by atoms with E-state index in [9.17, 15) is 0 Å². The summed E-state index contributed by atoms with van der Waals surface area (Å²) in [7, 11) is 0. The van der Waals surface area contributed by atoms with E-state index in [-0.39, 0.29) is 24.0 Å². The number of rotatable bonds is 6. The van der Waals surface area contributed by atoms with Crippen LogP contribution in [0.2, 0.25) is 5.02 Å². The van der Waals surface area contributed by atoms with Gasteiger partial charge in [-0.15, -0.1) is 24.0 Å². The van der Waals surface area contributed by atoms with Crippen molar-refractivity contribution in [1.82, 2.24) is 20.2 Å². The van der Waals surface area contributed by atoms with Crippen molar-refractivity contribution in [3.63, 3.8) is 0 Å². The molecule has 0 atom stereocenters. The van der Waals surface area contributed by atoms with Crippen LogP contribution >= 0.6 is 35.6 Å². The van der Waals surface area contributed by atoms with Gasteiger partial charge in [0.1, 0.15) is 0 Å². The van der Waals surface area contributed by atoms with Gasteiger partial charge in [0.25, 0.3) is 0 Å². The van der Waals surface area contributed by atoms with Crippen molar-refractivity contribution in [2.45, 2.75) is 20.0 Å². The van der Waals surface area contributed by atoms with Crippen LogP contribution < -0.4 is 10.6 Å². The van der Waals surface area contributed by atoms with Crippen LogP contribution in [0.25, 0.3) is 0 Å². The second kappa shape index (κ2) is 10.4. The van der Waals surface area contributed by atoms with Crippen LogP contribution in [-0.2, 0) is 13.1 Å². The summed E-state index contributed by atoms with van der Waals surface area (Å²) >= 11 is 6.14. The summed E-state index contributed by atoms with van der Waals surface area (Å²) in [6.07, 6.45) is 5.52. The van der Waals surface area contributed by atoms with Crippen molar-refractivity contribution in [2.24, 2.45) is 4.99 Å². The van der Waals surface area contributed by atoms with E-state index in [1.165, 1.54) is 0 Å². The fourth-order valence-corrected chi connectivity index (χ4v) is 2.05. The molecular formula is C15H21ClIN5. The van der Waals surface area contributed by atoms with Crippen molar-refractivity contribution in [1.29, 1.82) is 0 Å². The SMILES string of the molecule is CCNC(=NCc1ccccc1Cl)NCCn1ccnc1.I. The van der Waals surface area contributed by atoms with Gasteiger partial charge in [-0.3, -0.25) is 0 Å². The number of guanidine groups is 1. The van der Waals surface area contributed by atoms with Gasteiger partial charge in [0, 0.05) is 37.1 Å². The molecular weight excluding hydrogens is 413 g/mol. The van der Waals surface area contributed by atoms with Gasteiger partial charge in [-0.25, -0.2) is 9.98 Å². The Kier molecular flexibility index (Phi) is 8.91. The number of aliphatic imine (C=N–C) groups is 1. The van der Waals surface area contributed by atoms with Crippen molar-refractivity contribution < 1.29 is 0 Å². The average molecular weight is 434 g/mol. The number of nitrogens with zero attached hydrogens (tertiary/aromatic N) is 3. The summed E-state index contributed by atoms with van der Waals surface area (Å²) in [5.41, 5.74) is 1.02. The molecule has 7 heteroatoms. The number of nitrogens with one attached hydrogen (secondary N) is 2. The second-order valence-corrected chi connectivity index (χ2v) is 4.92. The van der Waals surface area contributed by atoms with E-state index in [2.05, 4.69) is 20.6 Å². The molecule has 0 unspecified atom stereocenters. The third-order valence-electron chi connectivity index (χ3n) is 2.93. The lowest BCUT2D eigenvalue weighted by Crippen LogP contribution is -2.38. The molecule has 0 amide bonds. The molecule has 2 rings (SSSR count). The molecule has 0 spiro atoms. The zero-order valence-electron chi connectivity index (χ0n) is 12.5. The zero-order valence-corrected chi connectivity index (χ0v) is 15.6. The van der Waals surface area contributed by atoms with Crippen LogP contribution in [0.3, 0.4) is 0 Å². The minimum atomic E-state index is 0. The molecule has 0 bridgehead atoms. The van der Waals surface area contributed by atoms with E-state index in [4.69, 9.17) is 11.6 Å². The lowest BCUT2D eigenvalue weighted by atomic mass is 10.2.